The van der Waals surface area contributed by atoms with Crippen molar-refractivity contribution in [1.82, 2.24) is 26.3 Å². The molecule has 42 heavy (non-hydrogen) atoms. The summed E-state index contributed by atoms with van der Waals surface area (Å²) in [6.45, 7) is 2.21. The van der Waals surface area contributed by atoms with Gasteiger partial charge in [-0.3, -0.25) is 9.99 Å². The molecule has 2 fully saturated rings. The summed E-state index contributed by atoms with van der Waals surface area (Å²) < 4.78 is 13.8. The first-order chi connectivity index (χ1) is 20.4. The molecule has 1 spiro atoms. The number of aromatic nitrogens is 1. The average molecular weight is 602 g/mol. The Morgan fingerprint density at radius 1 is 1.05 bits per heavy atom. The minimum absolute atomic E-state index is 0.0237. The van der Waals surface area contributed by atoms with Crippen LogP contribution < -0.4 is 26.9 Å². The van der Waals surface area contributed by atoms with E-state index in [9.17, 15) is 9.65 Å². The molecule has 0 bridgehead atoms. The van der Waals surface area contributed by atoms with E-state index in [2.05, 4.69) is 61.3 Å². The van der Waals surface area contributed by atoms with Gasteiger partial charge in [0, 0.05) is 48.3 Å². The summed E-state index contributed by atoms with van der Waals surface area (Å²) in [5, 5.41) is 23.4. The average Bonchev–Trinajstić information content (AvgIpc) is 3.42. The minimum Gasteiger partial charge on any atom is -0.373 e. The Hall–Kier alpha value is -4.07. The highest BCUT2D eigenvalue weighted by Crippen LogP contribution is 2.47. The smallest absolute Gasteiger partial charge is 0.141 e. The van der Waals surface area contributed by atoms with Gasteiger partial charge in [-0.15, -0.1) is 5.53 Å². The fraction of sp³-hybridized carbons (Fsp3) is 0.226. The van der Waals surface area contributed by atoms with E-state index < -0.39 is 5.82 Å². The maximum atomic E-state index is 13.8. The van der Waals surface area contributed by atoms with Gasteiger partial charge in [0.1, 0.15) is 11.9 Å². The third-order valence-corrected chi connectivity index (χ3v) is 8.91. The molecule has 8 nitrogen and oxygen atoms in total. The van der Waals surface area contributed by atoms with Crippen LogP contribution in [0.4, 0.5) is 21.5 Å². The lowest BCUT2D eigenvalue weighted by molar-refractivity contribution is -0.0345. The number of anilines is 3. The number of nitriles is 1. The van der Waals surface area contributed by atoms with Gasteiger partial charge in [0.05, 0.1) is 38.6 Å². The first kappa shape index (κ1) is 26.8. The van der Waals surface area contributed by atoms with Gasteiger partial charge in [0.2, 0.25) is 0 Å². The second kappa shape index (κ2) is 10.6. The number of nitrogens with zero attached hydrogens (tertiary/aromatic N) is 3. The van der Waals surface area contributed by atoms with E-state index in [4.69, 9.17) is 23.2 Å². The summed E-state index contributed by atoms with van der Waals surface area (Å²) in [6.07, 6.45) is 5.92. The Labute approximate surface area is 252 Å². The van der Waals surface area contributed by atoms with Crippen LogP contribution in [-0.4, -0.2) is 29.1 Å². The zero-order valence-electron chi connectivity index (χ0n) is 22.4. The van der Waals surface area contributed by atoms with Crippen LogP contribution in [0.3, 0.4) is 0 Å². The topological polar surface area (TPSA) is 100 Å². The van der Waals surface area contributed by atoms with Gasteiger partial charge in [-0.1, -0.05) is 53.5 Å². The summed E-state index contributed by atoms with van der Waals surface area (Å²) in [7, 11) is 0. The molecule has 212 valence electrons. The van der Waals surface area contributed by atoms with Crippen LogP contribution in [-0.2, 0) is 0 Å². The second-order valence-electron chi connectivity index (χ2n) is 11.1. The van der Waals surface area contributed by atoms with Gasteiger partial charge >= 0.3 is 0 Å². The zero-order chi connectivity index (χ0) is 28.8. The zero-order valence-corrected chi connectivity index (χ0v) is 23.9. The van der Waals surface area contributed by atoms with Crippen molar-refractivity contribution in [3.05, 3.63) is 106 Å². The third-order valence-electron chi connectivity index (χ3n) is 8.33. The Morgan fingerprint density at radius 2 is 1.83 bits per heavy atom. The highest BCUT2D eigenvalue weighted by Gasteiger charge is 2.50. The lowest BCUT2D eigenvalue weighted by Gasteiger charge is -2.56. The molecule has 7 rings (SSSR count). The van der Waals surface area contributed by atoms with E-state index >= 15 is 0 Å². The fourth-order valence-electron chi connectivity index (χ4n) is 6.02. The van der Waals surface area contributed by atoms with E-state index in [0.29, 0.717) is 44.3 Å². The van der Waals surface area contributed by atoms with Crippen molar-refractivity contribution in [3.63, 3.8) is 0 Å². The summed E-state index contributed by atoms with van der Waals surface area (Å²) in [5.74, 6) is -0.525. The molecule has 1 saturated heterocycles. The van der Waals surface area contributed by atoms with E-state index in [1.54, 1.807) is 6.07 Å². The van der Waals surface area contributed by atoms with E-state index in [1.807, 2.05) is 30.3 Å². The molecule has 1 aromatic heterocycles. The number of hydrazine groups is 2. The maximum absolute atomic E-state index is 13.8. The molecule has 5 N–H and O–H groups in total. The molecule has 0 amide bonds. The molecule has 3 heterocycles. The van der Waals surface area contributed by atoms with Gasteiger partial charge in [-0.2, -0.15) is 5.26 Å². The summed E-state index contributed by atoms with van der Waals surface area (Å²) in [4.78, 5) is 4.46. The van der Waals surface area contributed by atoms with Crippen LogP contribution in [0.15, 0.2) is 78.8 Å². The fourth-order valence-corrected chi connectivity index (χ4v) is 6.47. The highest BCUT2D eigenvalue weighted by atomic mass is 35.5. The van der Waals surface area contributed by atoms with Crippen LogP contribution in [0, 0.1) is 22.6 Å². The number of nitrogens with one attached hydrogen (secondary N) is 5. The highest BCUT2D eigenvalue weighted by molar-refractivity contribution is 6.36. The summed E-state index contributed by atoms with van der Waals surface area (Å²) in [6, 6.07) is 20.6. The van der Waals surface area contributed by atoms with Gasteiger partial charge < -0.3 is 21.4 Å². The Kier molecular flexibility index (Phi) is 6.79. The van der Waals surface area contributed by atoms with E-state index in [1.165, 1.54) is 18.3 Å². The van der Waals surface area contributed by atoms with Gasteiger partial charge in [0.15, 0.2) is 0 Å². The number of pyridine rings is 1. The standard InChI is InChI=1S/C31H27Cl2FN8/c32-24-9-20(6-7-26(24)34)38-28-19(13-35)14-37-30-23(28)8-21(10-25(30)33)39-29(18-4-2-1-3-5-18)27-15-42(41-40-27)22-11-31(12-22)16-36-17-31/h1-10,14-15,22,29,36,39-41H,11-12,16-17H2,(H,37,38)/t29-/m0/s1. The number of hydrogen-bond acceptors (Lipinski definition) is 8. The molecule has 3 aliphatic rings. The van der Waals surface area contributed by atoms with Crippen LogP contribution in [0.5, 0.6) is 0 Å². The number of halogens is 3. The van der Waals surface area contributed by atoms with E-state index in [-0.39, 0.29) is 11.1 Å². The van der Waals surface area contributed by atoms with Crippen LogP contribution in [0.1, 0.15) is 30.0 Å². The van der Waals surface area contributed by atoms with E-state index in [0.717, 1.165) is 42.9 Å². The largest absolute Gasteiger partial charge is 0.373 e. The SMILES string of the molecule is N#Cc1cnc2c(Cl)cc(N[C@H](C3=CN(C4CC5(CNC5)C4)NN3)c3ccccc3)cc2c1Nc1ccc(F)c(Cl)c1. The lowest BCUT2D eigenvalue weighted by Crippen LogP contribution is -2.65. The summed E-state index contributed by atoms with van der Waals surface area (Å²) >= 11 is 12.8. The van der Waals surface area contributed by atoms with Crippen molar-refractivity contribution >= 4 is 51.2 Å². The molecule has 3 aromatic carbocycles. The first-order valence-corrected chi connectivity index (χ1v) is 14.5. The third kappa shape index (κ3) is 4.86. The van der Waals surface area contributed by atoms with Crippen LogP contribution in [0.25, 0.3) is 10.9 Å². The molecular weight excluding hydrogens is 574 g/mol. The molecule has 0 radical (unpaired) electrons. The predicted octanol–water partition coefficient (Wildman–Crippen LogP) is 6.37. The monoisotopic (exact) mass is 600 g/mol. The molecule has 2 aliphatic heterocycles. The molecule has 1 saturated carbocycles. The maximum Gasteiger partial charge on any atom is 0.141 e. The van der Waals surface area contributed by atoms with Crippen molar-refractivity contribution in [2.45, 2.75) is 24.9 Å². The Morgan fingerprint density at radius 3 is 2.55 bits per heavy atom. The Bertz CT molecular complexity index is 1740. The lowest BCUT2D eigenvalue weighted by atomic mass is 9.61. The molecule has 1 aliphatic carbocycles. The van der Waals surface area contributed by atoms with Crippen molar-refractivity contribution in [2.24, 2.45) is 5.41 Å². The van der Waals surface area contributed by atoms with Crippen LogP contribution in [0.2, 0.25) is 10.0 Å². The predicted molar refractivity (Wildman–Crippen MR) is 163 cm³/mol. The molecule has 11 heteroatoms. The van der Waals surface area contributed by atoms with Crippen LogP contribution >= 0.6 is 23.2 Å². The van der Waals surface area contributed by atoms with Crippen molar-refractivity contribution in [3.8, 4) is 6.07 Å². The number of hydrogen-bond donors (Lipinski definition) is 5. The number of benzene rings is 3. The van der Waals surface area contributed by atoms with Crippen molar-refractivity contribution < 1.29 is 4.39 Å². The summed E-state index contributed by atoms with van der Waals surface area (Å²) in [5.41, 5.74) is 11.8. The quantitative estimate of drug-likeness (QED) is 0.167. The molecular formula is C31H27Cl2FN8. The van der Waals surface area contributed by atoms with Crippen molar-refractivity contribution in [2.75, 3.05) is 23.7 Å². The normalized spacial score (nSPS) is 18.0. The van der Waals surface area contributed by atoms with Gasteiger partial charge in [-0.25, -0.2) is 4.39 Å². The Balaban J connectivity index is 1.23. The first-order valence-electron chi connectivity index (χ1n) is 13.7. The van der Waals surface area contributed by atoms with Gasteiger partial charge in [0.25, 0.3) is 0 Å². The van der Waals surface area contributed by atoms with Crippen molar-refractivity contribution in [1.29, 1.82) is 5.26 Å². The minimum atomic E-state index is -0.525. The number of rotatable bonds is 7. The number of fused-ring (bicyclic) bond motifs is 1. The molecule has 1 atom stereocenters. The van der Waals surface area contributed by atoms with Gasteiger partial charge in [-0.05, 0) is 54.2 Å². The second-order valence-corrected chi connectivity index (χ2v) is 12.0. The molecule has 4 aromatic rings. The molecule has 0 unspecified atom stereocenters.